The molecule has 0 aromatic rings. The molecule has 2 aliphatic heterocycles. The molecule has 7 nitrogen and oxygen atoms in total. The summed E-state index contributed by atoms with van der Waals surface area (Å²) in [7, 11) is 1.65. The number of carbonyl (C=O) groups excluding carboxylic acids is 1. The Hall–Kier alpha value is -2.48. The average Bonchev–Trinajstić information content (AvgIpc) is 3.67. The molecular weight excluding hydrogens is 424 g/mol. The Morgan fingerprint density at radius 3 is 2.30 bits per heavy atom. The topological polar surface area (TPSA) is 97.9 Å². The zero-order valence-electron chi connectivity index (χ0n) is 19.7. The minimum absolute atomic E-state index is 0.00928. The summed E-state index contributed by atoms with van der Waals surface area (Å²) >= 11 is 0. The maximum atomic E-state index is 12.4. The fourth-order valence-electron chi connectivity index (χ4n) is 4.79. The number of hydrogen-bond acceptors (Lipinski definition) is 6. The van der Waals surface area contributed by atoms with Gasteiger partial charge in [-0.1, -0.05) is 48.1 Å². The lowest BCUT2D eigenvalue weighted by atomic mass is 9.68. The van der Waals surface area contributed by atoms with Gasteiger partial charge in [-0.2, -0.15) is 0 Å². The van der Waals surface area contributed by atoms with Crippen LogP contribution in [0.4, 0.5) is 0 Å². The molecule has 0 aromatic heterocycles. The monoisotopic (exact) mass is 458 g/mol. The van der Waals surface area contributed by atoms with E-state index in [1.54, 1.807) is 37.5 Å². The van der Waals surface area contributed by atoms with Gasteiger partial charge in [0, 0.05) is 19.3 Å². The second-order valence-corrected chi connectivity index (χ2v) is 9.18. The molecule has 2 saturated heterocycles. The van der Waals surface area contributed by atoms with Crippen molar-refractivity contribution in [3.8, 4) is 0 Å². The molecule has 3 aliphatic rings. The molecule has 0 bridgehead atoms. The molecule has 180 valence electrons. The summed E-state index contributed by atoms with van der Waals surface area (Å²) in [5, 5.41) is 8.51. The summed E-state index contributed by atoms with van der Waals surface area (Å²) in [6, 6.07) is 0. The third-order valence-electron chi connectivity index (χ3n) is 6.53. The second-order valence-electron chi connectivity index (χ2n) is 9.18. The number of hydrogen-bond donors (Lipinski definition) is 1. The zero-order chi connectivity index (χ0) is 24.1. The van der Waals surface area contributed by atoms with Crippen LogP contribution in [0.5, 0.6) is 0 Å². The van der Waals surface area contributed by atoms with E-state index in [0.29, 0.717) is 13.0 Å². The van der Waals surface area contributed by atoms with Crippen LogP contribution >= 0.6 is 0 Å². The van der Waals surface area contributed by atoms with Gasteiger partial charge in [0.05, 0.1) is 18.6 Å². The Kier molecular flexibility index (Phi) is 8.10. The Morgan fingerprint density at radius 1 is 1.09 bits per heavy atom. The van der Waals surface area contributed by atoms with Crippen LogP contribution in [-0.2, 0) is 28.5 Å². The van der Waals surface area contributed by atoms with E-state index >= 15 is 0 Å². The summed E-state index contributed by atoms with van der Waals surface area (Å²) in [4.78, 5) is 22.8. The van der Waals surface area contributed by atoms with Crippen molar-refractivity contribution in [3.63, 3.8) is 0 Å². The molecule has 1 saturated carbocycles. The molecule has 3 rings (SSSR count). The van der Waals surface area contributed by atoms with Gasteiger partial charge in [0.1, 0.15) is 23.4 Å². The first-order valence-electron chi connectivity index (χ1n) is 11.3. The van der Waals surface area contributed by atoms with Crippen LogP contribution in [0.2, 0.25) is 0 Å². The van der Waals surface area contributed by atoms with Crippen molar-refractivity contribution >= 4 is 11.9 Å². The molecule has 1 spiro atoms. The van der Waals surface area contributed by atoms with E-state index in [-0.39, 0.29) is 35.4 Å². The fraction of sp³-hybridized carbons (Fsp3) is 0.538. The molecule has 1 N–H and O–H groups in total. The number of aliphatic carboxylic acids is 1. The molecule has 0 amide bonds. The molecule has 3 fully saturated rings. The zero-order valence-corrected chi connectivity index (χ0v) is 19.7. The largest absolute Gasteiger partial charge is 0.478 e. The lowest BCUT2D eigenvalue weighted by Crippen LogP contribution is -2.55. The predicted octanol–water partition coefficient (Wildman–Crippen LogP) is 3.92. The van der Waals surface area contributed by atoms with Crippen molar-refractivity contribution in [2.45, 2.75) is 69.5 Å². The number of esters is 1. The average molecular weight is 459 g/mol. The highest BCUT2D eigenvalue weighted by atomic mass is 16.6. The Morgan fingerprint density at radius 2 is 1.73 bits per heavy atom. The van der Waals surface area contributed by atoms with Gasteiger partial charge in [-0.25, -0.2) is 9.59 Å². The first-order valence-corrected chi connectivity index (χ1v) is 11.3. The number of carboxylic acids is 1. The van der Waals surface area contributed by atoms with Crippen molar-refractivity contribution < 1.29 is 33.6 Å². The van der Waals surface area contributed by atoms with Gasteiger partial charge in [0.15, 0.2) is 0 Å². The Balaban J connectivity index is 1.59. The summed E-state index contributed by atoms with van der Waals surface area (Å²) in [5.41, 5.74) is 0.642. The highest BCUT2D eigenvalue weighted by molar-refractivity contribution is 5.82. The maximum Gasteiger partial charge on any atom is 0.331 e. The van der Waals surface area contributed by atoms with Crippen LogP contribution < -0.4 is 0 Å². The Labute approximate surface area is 195 Å². The van der Waals surface area contributed by atoms with Crippen LogP contribution in [0.1, 0.15) is 40.0 Å². The summed E-state index contributed by atoms with van der Waals surface area (Å²) in [6.45, 7) is 6.96. The minimum atomic E-state index is -1.00. The molecule has 2 heterocycles. The number of ether oxygens (including phenoxy) is 4. The van der Waals surface area contributed by atoms with Crippen molar-refractivity contribution in [2.75, 3.05) is 13.7 Å². The van der Waals surface area contributed by atoms with E-state index in [1.807, 2.05) is 0 Å². The summed E-state index contributed by atoms with van der Waals surface area (Å²) in [5.74, 6) is -1.45. The number of carboxylic acid groups (broad SMARTS) is 1. The van der Waals surface area contributed by atoms with E-state index in [9.17, 15) is 9.59 Å². The SMILES string of the molecule is CO[C@@H]1[C@H](OC(=O)/C=C/C=C/C=C/C=C\C(=O)O)CC[C@]2(CO2)[C@H]1[C@]1(C)O[C@@H]1CC=C(C)C. The van der Waals surface area contributed by atoms with Crippen molar-refractivity contribution in [1.29, 1.82) is 0 Å². The van der Waals surface area contributed by atoms with Gasteiger partial charge in [-0.3, -0.25) is 0 Å². The quantitative estimate of drug-likeness (QED) is 0.174. The van der Waals surface area contributed by atoms with Crippen LogP contribution in [0.15, 0.2) is 60.3 Å². The van der Waals surface area contributed by atoms with Crippen molar-refractivity contribution in [2.24, 2.45) is 5.92 Å². The van der Waals surface area contributed by atoms with Gasteiger partial charge in [0.2, 0.25) is 0 Å². The van der Waals surface area contributed by atoms with Crippen molar-refractivity contribution in [3.05, 3.63) is 60.3 Å². The molecule has 0 radical (unpaired) electrons. The van der Waals surface area contributed by atoms with E-state index in [1.165, 1.54) is 17.7 Å². The first kappa shape index (κ1) is 25.1. The molecule has 33 heavy (non-hydrogen) atoms. The lowest BCUT2D eigenvalue weighted by Gasteiger charge is -2.42. The summed E-state index contributed by atoms with van der Waals surface area (Å²) in [6.07, 6.45) is 16.0. The molecule has 6 atom stereocenters. The van der Waals surface area contributed by atoms with Crippen LogP contribution in [-0.4, -0.2) is 60.3 Å². The predicted molar refractivity (Wildman–Crippen MR) is 124 cm³/mol. The van der Waals surface area contributed by atoms with Gasteiger partial charge in [-0.15, -0.1) is 0 Å². The number of epoxide rings is 2. The van der Waals surface area contributed by atoms with Crippen LogP contribution in [0, 0.1) is 5.92 Å². The maximum absolute atomic E-state index is 12.4. The third-order valence-corrected chi connectivity index (χ3v) is 6.53. The minimum Gasteiger partial charge on any atom is -0.478 e. The highest BCUT2D eigenvalue weighted by Crippen LogP contribution is 2.59. The Bertz CT molecular complexity index is 873. The van der Waals surface area contributed by atoms with E-state index in [2.05, 4.69) is 26.8 Å². The standard InChI is InChI=1S/C26H34O7/c1-18(2)13-14-20-25(3,33-20)24-23(30-4)19(15-16-26(24)17-31-26)32-22(29)12-10-8-6-5-7-9-11-21(27)28/h5-13,19-20,23-24H,14-17H2,1-4H3,(H,27,28)/b7-5+,8-6+,11-9-,12-10+/t19-,20-,23-,24-,25-,26+/m1/s1. The van der Waals surface area contributed by atoms with Crippen LogP contribution in [0.25, 0.3) is 0 Å². The van der Waals surface area contributed by atoms with Gasteiger partial charge in [0.25, 0.3) is 0 Å². The molecule has 0 aromatic carbocycles. The highest BCUT2D eigenvalue weighted by Gasteiger charge is 2.72. The molecular formula is C26H34O7. The van der Waals surface area contributed by atoms with E-state index in [0.717, 1.165) is 18.9 Å². The van der Waals surface area contributed by atoms with Gasteiger partial charge >= 0.3 is 11.9 Å². The summed E-state index contributed by atoms with van der Waals surface area (Å²) < 4.78 is 23.8. The first-order chi connectivity index (χ1) is 15.7. The van der Waals surface area contributed by atoms with Gasteiger partial charge in [-0.05, 0) is 40.0 Å². The van der Waals surface area contributed by atoms with E-state index in [4.69, 9.17) is 24.1 Å². The smallest absolute Gasteiger partial charge is 0.331 e. The second kappa shape index (κ2) is 10.6. The molecule has 7 heteroatoms. The lowest BCUT2D eigenvalue weighted by molar-refractivity contribution is -0.166. The number of rotatable bonds is 10. The number of allylic oxidation sites excluding steroid dienone is 7. The van der Waals surface area contributed by atoms with Crippen LogP contribution in [0.3, 0.4) is 0 Å². The van der Waals surface area contributed by atoms with E-state index < -0.39 is 11.9 Å². The third kappa shape index (κ3) is 6.31. The molecule has 1 aliphatic carbocycles. The van der Waals surface area contributed by atoms with Crippen molar-refractivity contribution in [1.82, 2.24) is 0 Å². The fourth-order valence-corrected chi connectivity index (χ4v) is 4.79. The molecule has 0 unspecified atom stereocenters. The number of methoxy groups -OCH3 is 1. The van der Waals surface area contributed by atoms with Gasteiger partial charge < -0.3 is 24.1 Å². The normalized spacial score (nSPS) is 35.6. The number of carbonyl (C=O) groups is 2.